The van der Waals surface area contributed by atoms with Crippen molar-refractivity contribution in [1.29, 1.82) is 0 Å². The fourth-order valence-corrected chi connectivity index (χ4v) is 3.33. The molecule has 1 aromatic carbocycles. The Morgan fingerprint density at radius 3 is 2.67 bits per heavy atom. The first-order valence-electron chi connectivity index (χ1n) is 7.67. The maximum absolute atomic E-state index is 11.7. The second-order valence-corrected chi connectivity index (χ2v) is 7.49. The van der Waals surface area contributed by atoms with E-state index in [4.69, 9.17) is 4.74 Å². The standard InChI is InChI=1S/C16H20N4O3S/c1-5-6-14-17-10(2)15-16(19-24(4,21)22)18-12-8-7-11(23-3)9-13(12)20(14)15/h7-9H,5-6H2,1-4H3,(H,18,19). The number of imidazole rings is 1. The highest BCUT2D eigenvalue weighted by atomic mass is 32.2. The lowest BCUT2D eigenvalue weighted by Crippen LogP contribution is -2.13. The SMILES string of the molecule is CCCc1nc(C)c2c(NS(C)(=O)=O)nc3ccc(OC)cc3n12. The number of rotatable bonds is 5. The zero-order valence-corrected chi connectivity index (χ0v) is 14.9. The molecule has 3 rings (SSSR count). The molecule has 128 valence electrons. The summed E-state index contributed by atoms with van der Waals surface area (Å²) in [4.78, 5) is 9.11. The van der Waals surface area contributed by atoms with Gasteiger partial charge in [0.15, 0.2) is 5.82 Å². The summed E-state index contributed by atoms with van der Waals surface area (Å²) in [5.41, 5.74) is 2.92. The molecular weight excluding hydrogens is 328 g/mol. The Morgan fingerprint density at radius 2 is 2.04 bits per heavy atom. The fourth-order valence-electron chi connectivity index (χ4n) is 2.84. The largest absolute Gasteiger partial charge is 0.497 e. The van der Waals surface area contributed by atoms with Crippen LogP contribution in [0, 0.1) is 6.92 Å². The van der Waals surface area contributed by atoms with Crippen LogP contribution >= 0.6 is 0 Å². The van der Waals surface area contributed by atoms with E-state index in [1.807, 2.05) is 23.5 Å². The lowest BCUT2D eigenvalue weighted by Gasteiger charge is -2.12. The molecule has 24 heavy (non-hydrogen) atoms. The first-order valence-corrected chi connectivity index (χ1v) is 9.56. The van der Waals surface area contributed by atoms with Crippen LogP contribution in [0.25, 0.3) is 16.6 Å². The maximum Gasteiger partial charge on any atom is 0.231 e. The van der Waals surface area contributed by atoms with E-state index in [2.05, 4.69) is 21.6 Å². The number of ether oxygens (including phenoxy) is 1. The van der Waals surface area contributed by atoms with Crippen LogP contribution in [-0.2, 0) is 16.4 Å². The molecule has 0 bridgehead atoms. The summed E-state index contributed by atoms with van der Waals surface area (Å²) >= 11 is 0. The van der Waals surface area contributed by atoms with Gasteiger partial charge in [-0.15, -0.1) is 0 Å². The first kappa shape index (κ1) is 16.5. The number of hydrogen-bond acceptors (Lipinski definition) is 5. The predicted molar refractivity (Wildman–Crippen MR) is 94.2 cm³/mol. The zero-order chi connectivity index (χ0) is 17.5. The van der Waals surface area contributed by atoms with Crippen LogP contribution in [0.15, 0.2) is 18.2 Å². The molecule has 0 saturated carbocycles. The van der Waals surface area contributed by atoms with Gasteiger partial charge in [-0.1, -0.05) is 6.92 Å². The van der Waals surface area contributed by atoms with Gasteiger partial charge in [-0.3, -0.25) is 9.12 Å². The van der Waals surface area contributed by atoms with E-state index in [1.54, 1.807) is 13.2 Å². The number of fused-ring (bicyclic) bond motifs is 3. The van der Waals surface area contributed by atoms with E-state index in [1.165, 1.54) is 0 Å². The number of nitrogens with zero attached hydrogens (tertiary/aromatic N) is 3. The van der Waals surface area contributed by atoms with Crippen molar-refractivity contribution in [3.63, 3.8) is 0 Å². The van der Waals surface area contributed by atoms with Crippen molar-refractivity contribution in [3.05, 3.63) is 29.7 Å². The van der Waals surface area contributed by atoms with Crippen LogP contribution in [0.2, 0.25) is 0 Å². The van der Waals surface area contributed by atoms with Gasteiger partial charge in [0.05, 0.1) is 30.1 Å². The molecule has 2 heterocycles. The molecule has 0 aliphatic heterocycles. The summed E-state index contributed by atoms with van der Waals surface area (Å²) in [6, 6.07) is 5.50. The topological polar surface area (TPSA) is 85.6 Å². The van der Waals surface area contributed by atoms with Crippen molar-refractivity contribution in [2.24, 2.45) is 0 Å². The van der Waals surface area contributed by atoms with Crippen molar-refractivity contribution in [3.8, 4) is 5.75 Å². The van der Waals surface area contributed by atoms with E-state index >= 15 is 0 Å². The smallest absolute Gasteiger partial charge is 0.231 e. The molecular formula is C16H20N4O3S. The van der Waals surface area contributed by atoms with Gasteiger partial charge in [-0.2, -0.15) is 0 Å². The zero-order valence-electron chi connectivity index (χ0n) is 14.1. The average molecular weight is 348 g/mol. The van der Waals surface area contributed by atoms with Gasteiger partial charge < -0.3 is 4.74 Å². The maximum atomic E-state index is 11.7. The second-order valence-electron chi connectivity index (χ2n) is 5.74. The molecule has 0 spiro atoms. The summed E-state index contributed by atoms with van der Waals surface area (Å²) in [6.45, 7) is 3.94. The van der Waals surface area contributed by atoms with Gasteiger partial charge in [0, 0.05) is 12.5 Å². The molecule has 0 aliphatic carbocycles. The normalized spacial score (nSPS) is 12.0. The average Bonchev–Trinajstić information content (AvgIpc) is 2.83. The fraction of sp³-hybridized carbons (Fsp3) is 0.375. The monoisotopic (exact) mass is 348 g/mol. The van der Waals surface area contributed by atoms with Gasteiger partial charge in [0.2, 0.25) is 10.0 Å². The molecule has 0 amide bonds. The molecule has 0 aliphatic rings. The van der Waals surface area contributed by atoms with Crippen LogP contribution in [0.1, 0.15) is 24.9 Å². The highest BCUT2D eigenvalue weighted by Crippen LogP contribution is 2.29. The quantitative estimate of drug-likeness (QED) is 0.766. The molecule has 1 N–H and O–H groups in total. The van der Waals surface area contributed by atoms with Crippen LogP contribution < -0.4 is 9.46 Å². The summed E-state index contributed by atoms with van der Waals surface area (Å²) < 4.78 is 33.2. The third-order valence-electron chi connectivity index (χ3n) is 3.76. The molecule has 0 atom stereocenters. The Kier molecular flexibility index (Phi) is 4.08. The van der Waals surface area contributed by atoms with E-state index in [9.17, 15) is 8.42 Å². The predicted octanol–water partition coefficient (Wildman–Crippen LogP) is 2.52. The van der Waals surface area contributed by atoms with E-state index in [0.29, 0.717) is 22.6 Å². The van der Waals surface area contributed by atoms with Gasteiger partial charge in [-0.05, 0) is 25.5 Å². The van der Waals surface area contributed by atoms with Gasteiger partial charge in [-0.25, -0.2) is 18.4 Å². The Bertz CT molecular complexity index is 1020. The number of benzene rings is 1. The van der Waals surface area contributed by atoms with Crippen molar-refractivity contribution < 1.29 is 13.2 Å². The number of nitrogens with one attached hydrogen (secondary N) is 1. The number of aromatic nitrogens is 3. The molecule has 2 aromatic heterocycles. The molecule has 0 fully saturated rings. The summed E-state index contributed by atoms with van der Waals surface area (Å²) in [6.07, 6.45) is 2.83. The van der Waals surface area contributed by atoms with Gasteiger partial charge >= 0.3 is 0 Å². The molecule has 7 nitrogen and oxygen atoms in total. The first-order chi connectivity index (χ1) is 11.3. The van der Waals surface area contributed by atoms with Gasteiger partial charge in [0.25, 0.3) is 0 Å². The minimum absolute atomic E-state index is 0.294. The summed E-state index contributed by atoms with van der Waals surface area (Å²) in [7, 11) is -1.84. The van der Waals surface area contributed by atoms with Crippen molar-refractivity contribution in [1.82, 2.24) is 14.4 Å². The second kappa shape index (κ2) is 5.94. The Labute approximate surface area is 140 Å². The molecule has 0 saturated heterocycles. The van der Waals surface area contributed by atoms with Crippen LogP contribution in [0.4, 0.5) is 5.82 Å². The van der Waals surface area contributed by atoms with E-state index in [-0.39, 0.29) is 0 Å². The lowest BCUT2D eigenvalue weighted by atomic mass is 10.2. The molecule has 8 heteroatoms. The number of aryl methyl sites for hydroxylation is 2. The number of anilines is 1. The minimum atomic E-state index is -3.45. The number of hydrogen-bond donors (Lipinski definition) is 1. The Hall–Kier alpha value is -2.35. The van der Waals surface area contributed by atoms with Gasteiger partial charge in [0.1, 0.15) is 17.1 Å². The highest BCUT2D eigenvalue weighted by Gasteiger charge is 2.18. The lowest BCUT2D eigenvalue weighted by molar-refractivity contribution is 0.415. The third-order valence-corrected chi connectivity index (χ3v) is 4.32. The molecule has 3 aromatic rings. The summed E-state index contributed by atoms with van der Waals surface area (Å²) in [5, 5.41) is 0. The third kappa shape index (κ3) is 2.89. The number of sulfonamides is 1. The van der Waals surface area contributed by atoms with Crippen LogP contribution in [0.5, 0.6) is 5.75 Å². The molecule has 0 unspecified atom stereocenters. The number of methoxy groups -OCH3 is 1. The van der Waals surface area contributed by atoms with Crippen molar-refractivity contribution in [2.75, 3.05) is 18.1 Å². The Balaban J connectivity index is 2.44. The van der Waals surface area contributed by atoms with E-state index < -0.39 is 10.0 Å². The summed E-state index contributed by atoms with van der Waals surface area (Å²) in [5.74, 6) is 1.88. The van der Waals surface area contributed by atoms with Crippen LogP contribution in [-0.4, -0.2) is 36.2 Å². The van der Waals surface area contributed by atoms with Crippen LogP contribution in [0.3, 0.4) is 0 Å². The Morgan fingerprint density at radius 1 is 1.29 bits per heavy atom. The molecule has 0 radical (unpaired) electrons. The van der Waals surface area contributed by atoms with E-state index in [0.717, 1.165) is 36.1 Å². The van der Waals surface area contributed by atoms with Crippen molar-refractivity contribution >= 4 is 32.4 Å². The minimum Gasteiger partial charge on any atom is -0.497 e. The van der Waals surface area contributed by atoms with Crippen molar-refractivity contribution in [2.45, 2.75) is 26.7 Å². The highest BCUT2D eigenvalue weighted by molar-refractivity contribution is 7.92.